The van der Waals surface area contributed by atoms with Crippen molar-refractivity contribution in [3.05, 3.63) is 90.0 Å². The van der Waals surface area contributed by atoms with E-state index in [0.717, 1.165) is 32.6 Å². The third kappa shape index (κ3) is 4.63. The van der Waals surface area contributed by atoms with Gasteiger partial charge < -0.3 is 10.2 Å². The van der Waals surface area contributed by atoms with Gasteiger partial charge in [-0.05, 0) is 41.8 Å². The zero-order valence-corrected chi connectivity index (χ0v) is 18.4. The van der Waals surface area contributed by atoms with Gasteiger partial charge in [-0.15, -0.1) is 0 Å². The Bertz CT molecular complexity index is 1050. The van der Waals surface area contributed by atoms with Gasteiger partial charge in [0.2, 0.25) is 5.91 Å². The van der Waals surface area contributed by atoms with Crippen molar-refractivity contribution < 1.29 is 4.79 Å². The fourth-order valence-electron chi connectivity index (χ4n) is 4.46. The second-order valence-electron chi connectivity index (χ2n) is 8.17. The normalized spacial score (nSPS) is 18.6. The maximum atomic E-state index is 13.0. The molecule has 0 unspecified atom stereocenters. The molecule has 5 heteroatoms. The highest BCUT2D eigenvalue weighted by Crippen LogP contribution is 2.40. The van der Waals surface area contributed by atoms with Crippen molar-refractivity contribution >= 4 is 23.4 Å². The van der Waals surface area contributed by atoms with Gasteiger partial charge in [0.05, 0.1) is 12.6 Å². The molecule has 31 heavy (non-hydrogen) atoms. The summed E-state index contributed by atoms with van der Waals surface area (Å²) >= 11 is 1.80. The summed E-state index contributed by atoms with van der Waals surface area (Å²) in [7, 11) is 0. The number of benzene rings is 3. The molecule has 3 aromatic carbocycles. The third-order valence-corrected chi connectivity index (χ3v) is 7.32. The van der Waals surface area contributed by atoms with Gasteiger partial charge in [0.1, 0.15) is 0 Å². The van der Waals surface area contributed by atoms with Crippen LogP contribution in [0.1, 0.15) is 17.2 Å². The fourth-order valence-corrected chi connectivity index (χ4v) is 5.60. The number of hydrogen-bond acceptors (Lipinski definition) is 4. The van der Waals surface area contributed by atoms with Crippen LogP contribution in [0.25, 0.3) is 0 Å². The molecule has 1 fully saturated rings. The van der Waals surface area contributed by atoms with Crippen LogP contribution in [-0.2, 0) is 11.2 Å². The van der Waals surface area contributed by atoms with Crippen molar-refractivity contribution in [2.24, 2.45) is 0 Å². The average Bonchev–Trinajstić information content (AvgIpc) is 2.96. The van der Waals surface area contributed by atoms with Crippen LogP contribution in [0.15, 0.2) is 88.7 Å². The minimum Gasteiger partial charge on any atom is -0.369 e. The highest BCUT2D eigenvalue weighted by atomic mass is 32.2. The van der Waals surface area contributed by atoms with Crippen LogP contribution in [0.3, 0.4) is 0 Å². The molecule has 1 saturated heterocycles. The van der Waals surface area contributed by atoms with E-state index < -0.39 is 0 Å². The molecule has 1 N–H and O–H groups in total. The summed E-state index contributed by atoms with van der Waals surface area (Å²) in [5, 5.41) is 3.34. The van der Waals surface area contributed by atoms with Crippen molar-refractivity contribution in [1.29, 1.82) is 0 Å². The Morgan fingerprint density at radius 3 is 2.32 bits per heavy atom. The SMILES string of the molecule is O=C(CN1CCN(c2ccccc2)CC1)N[C@@H]1Cc2ccccc2Sc2ccccc21. The molecule has 3 aromatic rings. The van der Waals surface area contributed by atoms with E-state index in [1.807, 2.05) is 6.07 Å². The summed E-state index contributed by atoms with van der Waals surface area (Å²) < 4.78 is 0. The Labute approximate surface area is 188 Å². The monoisotopic (exact) mass is 429 g/mol. The molecule has 0 aromatic heterocycles. The molecule has 2 heterocycles. The Hall–Kier alpha value is -2.76. The summed E-state index contributed by atoms with van der Waals surface area (Å²) in [6, 6.07) is 27.5. The van der Waals surface area contributed by atoms with E-state index in [0.29, 0.717) is 6.54 Å². The lowest BCUT2D eigenvalue weighted by Crippen LogP contribution is -2.50. The van der Waals surface area contributed by atoms with Crippen molar-refractivity contribution in [2.75, 3.05) is 37.6 Å². The molecule has 5 rings (SSSR count). The number of rotatable bonds is 4. The molecule has 1 amide bonds. The fraction of sp³-hybridized carbons (Fsp3) is 0.269. The Balaban J connectivity index is 1.23. The lowest BCUT2D eigenvalue weighted by atomic mass is 9.99. The first-order chi connectivity index (χ1) is 15.3. The molecule has 2 aliphatic rings. The summed E-state index contributed by atoms with van der Waals surface area (Å²) in [4.78, 5) is 20.2. The zero-order valence-electron chi connectivity index (χ0n) is 17.5. The number of nitrogens with one attached hydrogen (secondary N) is 1. The molecule has 4 nitrogen and oxygen atoms in total. The van der Waals surface area contributed by atoms with Crippen molar-refractivity contribution in [1.82, 2.24) is 10.2 Å². The maximum Gasteiger partial charge on any atom is 0.234 e. The molecule has 0 aliphatic carbocycles. The molecule has 0 spiro atoms. The van der Waals surface area contributed by atoms with Gasteiger partial charge in [0.25, 0.3) is 0 Å². The second kappa shape index (κ2) is 9.16. The molecule has 0 bridgehead atoms. The molecular formula is C26H27N3OS. The smallest absolute Gasteiger partial charge is 0.234 e. The largest absolute Gasteiger partial charge is 0.369 e. The van der Waals surface area contributed by atoms with E-state index in [-0.39, 0.29) is 11.9 Å². The Morgan fingerprint density at radius 2 is 1.52 bits per heavy atom. The first-order valence-electron chi connectivity index (χ1n) is 10.9. The van der Waals surface area contributed by atoms with E-state index in [4.69, 9.17) is 0 Å². The first-order valence-corrected chi connectivity index (χ1v) is 11.7. The topological polar surface area (TPSA) is 35.6 Å². The van der Waals surface area contributed by atoms with Gasteiger partial charge in [-0.1, -0.05) is 66.4 Å². The van der Waals surface area contributed by atoms with Gasteiger partial charge >= 0.3 is 0 Å². The molecule has 0 saturated carbocycles. The van der Waals surface area contributed by atoms with Crippen LogP contribution >= 0.6 is 11.8 Å². The second-order valence-corrected chi connectivity index (χ2v) is 9.25. The highest BCUT2D eigenvalue weighted by Gasteiger charge is 2.25. The average molecular weight is 430 g/mol. The number of fused-ring (bicyclic) bond motifs is 2. The lowest BCUT2D eigenvalue weighted by molar-refractivity contribution is -0.123. The number of hydrogen-bond donors (Lipinski definition) is 1. The number of piperazine rings is 1. The standard InChI is InChI=1S/C26H27N3OS/c30-26(19-28-14-16-29(17-15-28)21-9-2-1-3-10-21)27-23-18-20-8-4-6-12-24(20)31-25-13-7-5-11-22(23)25/h1-13,23H,14-19H2,(H,27,30)/t23-/m1/s1. The molecule has 0 radical (unpaired) electrons. The highest BCUT2D eigenvalue weighted by molar-refractivity contribution is 7.99. The predicted octanol–water partition coefficient (Wildman–Crippen LogP) is 4.37. The third-order valence-electron chi connectivity index (χ3n) is 6.11. The van der Waals surface area contributed by atoms with Crippen LogP contribution in [0.4, 0.5) is 5.69 Å². The van der Waals surface area contributed by atoms with E-state index in [9.17, 15) is 4.79 Å². The van der Waals surface area contributed by atoms with Crippen molar-refractivity contribution in [3.8, 4) is 0 Å². The number of carbonyl (C=O) groups excluding carboxylic acids is 1. The number of nitrogens with zero attached hydrogens (tertiary/aromatic N) is 2. The van der Waals surface area contributed by atoms with Gasteiger partial charge in [0, 0.05) is 41.7 Å². The van der Waals surface area contributed by atoms with E-state index in [1.54, 1.807) is 11.8 Å². The number of amides is 1. The number of anilines is 1. The molecule has 2 aliphatic heterocycles. The minimum absolute atomic E-state index is 0.00505. The predicted molar refractivity (Wildman–Crippen MR) is 127 cm³/mol. The first kappa shape index (κ1) is 20.2. The lowest BCUT2D eigenvalue weighted by Gasteiger charge is -2.36. The summed E-state index contributed by atoms with van der Waals surface area (Å²) in [5.74, 6) is 0.109. The van der Waals surface area contributed by atoms with E-state index >= 15 is 0 Å². The summed E-state index contributed by atoms with van der Waals surface area (Å²) in [5.41, 5.74) is 3.77. The van der Waals surface area contributed by atoms with Crippen LogP contribution in [0.5, 0.6) is 0 Å². The zero-order chi connectivity index (χ0) is 21.0. The van der Waals surface area contributed by atoms with Crippen LogP contribution in [0, 0.1) is 0 Å². The van der Waals surface area contributed by atoms with Gasteiger partial charge in [-0.25, -0.2) is 0 Å². The minimum atomic E-state index is 0.00505. The van der Waals surface area contributed by atoms with Crippen molar-refractivity contribution in [3.63, 3.8) is 0 Å². The van der Waals surface area contributed by atoms with E-state index in [2.05, 4.69) is 87.9 Å². The van der Waals surface area contributed by atoms with Gasteiger partial charge in [-0.2, -0.15) is 0 Å². The Kier molecular flexibility index (Phi) is 5.96. The van der Waals surface area contributed by atoms with Gasteiger partial charge in [0.15, 0.2) is 0 Å². The quantitative estimate of drug-likeness (QED) is 0.668. The van der Waals surface area contributed by atoms with Gasteiger partial charge in [-0.3, -0.25) is 9.69 Å². The molecular weight excluding hydrogens is 402 g/mol. The molecule has 158 valence electrons. The van der Waals surface area contributed by atoms with Crippen LogP contribution in [-0.4, -0.2) is 43.5 Å². The maximum absolute atomic E-state index is 13.0. The van der Waals surface area contributed by atoms with Crippen LogP contribution in [0.2, 0.25) is 0 Å². The number of carbonyl (C=O) groups is 1. The summed E-state index contributed by atoms with van der Waals surface area (Å²) in [6.45, 7) is 4.17. The van der Waals surface area contributed by atoms with Crippen LogP contribution < -0.4 is 10.2 Å². The van der Waals surface area contributed by atoms with Crippen molar-refractivity contribution in [2.45, 2.75) is 22.3 Å². The van der Waals surface area contributed by atoms with E-state index in [1.165, 1.54) is 26.6 Å². The summed E-state index contributed by atoms with van der Waals surface area (Å²) in [6.07, 6.45) is 0.827. The Morgan fingerprint density at radius 1 is 0.839 bits per heavy atom. The molecule has 1 atom stereocenters. The number of para-hydroxylation sites is 1.